The van der Waals surface area contributed by atoms with E-state index in [9.17, 15) is 9.59 Å². The van der Waals surface area contributed by atoms with Gasteiger partial charge in [-0.1, -0.05) is 25.9 Å². The van der Waals surface area contributed by atoms with Gasteiger partial charge in [0.2, 0.25) is 11.7 Å². The molecule has 8 heteroatoms. The van der Waals surface area contributed by atoms with Gasteiger partial charge in [0.15, 0.2) is 6.61 Å². The number of hydrogen-bond acceptors (Lipinski definition) is 6. The van der Waals surface area contributed by atoms with Crippen molar-refractivity contribution in [2.24, 2.45) is 5.92 Å². The SMILES string of the molecule is CCc1nc(COc2ccc(C(=O)N(CC(=O)O)CC(C)C)cc2)no1. The van der Waals surface area contributed by atoms with Crippen molar-refractivity contribution in [1.82, 2.24) is 15.0 Å². The Morgan fingerprint density at radius 1 is 1.27 bits per heavy atom. The van der Waals surface area contributed by atoms with Crippen LogP contribution in [0.2, 0.25) is 0 Å². The average Bonchev–Trinajstić information content (AvgIpc) is 3.06. The summed E-state index contributed by atoms with van der Waals surface area (Å²) < 4.78 is 10.6. The average molecular weight is 361 g/mol. The number of carboxylic acid groups (broad SMARTS) is 1. The quantitative estimate of drug-likeness (QED) is 0.731. The first-order chi connectivity index (χ1) is 12.4. The van der Waals surface area contributed by atoms with Crippen molar-refractivity contribution in [3.8, 4) is 5.75 Å². The van der Waals surface area contributed by atoms with Gasteiger partial charge in [0.25, 0.3) is 5.91 Å². The minimum atomic E-state index is -1.04. The highest BCUT2D eigenvalue weighted by Gasteiger charge is 2.19. The van der Waals surface area contributed by atoms with Gasteiger partial charge in [-0.15, -0.1) is 0 Å². The van der Waals surface area contributed by atoms with Crippen LogP contribution in [0.5, 0.6) is 5.75 Å². The number of benzene rings is 1. The van der Waals surface area contributed by atoms with Crippen LogP contribution in [0.15, 0.2) is 28.8 Å². The number of rotatable bonds is 9. The third-order valence-corrected chi connectivity index (χ3v) is 3.48. The van der Waals surface area contributed by atoms with Crippen LogP contribution in [0, 0.1) is 5.92 Å². The van der Waals surface area contributed by atoms with Crippen LogP contribution in [0.3, 0.4) is 0 Å². The molecule has 0 unspecified atom stereocenters. The highest BCUT2D eigenvalue weighted by Crippen LogP contribution is 2.16. The summed E-state index contributed by atoms with van der Waals surface area (Å²) >= 11 is 0. The number of aliphatic carboxylic acids is 1. The molecule has 1 amide bonds. The fourth-order valence-electron chi connectivity index (χ4n) is 2.34. The molecule has 26 heavy (non-hydrogen) atoms. The fraction of sp³-hybridized carbons (Fsp3) is 0.444. The number of amides is 1. The largest absolute Gasteiger partial charge is 0.485 e. The van der Waals surface area contributed by atoms with E-state index in [2.05, 4.69) is 10.1 Å². The molecule has 0 aliphatic carbocycles. The van der Waals surface area contributed by atoms with Gasteiger partial charge in [-0.2, -0.15) is 4.98 Å². The molecule has 1 heterocycles. The van der Waals surface area contributed by atoms with Crippen LogP contribution in [-0.4, -0.2) is 45.1 Å². The first kappa shape index (κ1) is 19.4. The lowest BCUT2D eigenvalue weighted by molar-refractivity contribution is -0.137. The molecular formula is C18H23N3O5. The van der Waals surface area contributed by atoms with Gasteiger partial charge in [0, 0.05) is 18.5 Å². The maximum absolute atomic E-state index is 12.5. The Kier molecular flexibility index (Phi) is 6.71. The number of aromatic nitrogens is 2. The van der Waals surface area contributed by atoms with E-state index < -0.39 is 5.97 Å². The molecule has 2 aromatic rings. The Labute approximate surface area is 151 Å². The minimum Gasteiger partial charge on any atom is -0.485 e. The fourth-order valence-corrected chi connectivity index (χ4v) is 2.34. The van der Waals surface area contributed by atoms with Crippen LogP contribution < -0.4 is 4.74 Å². The molecule has 0 spiro atoms. The van der Waals surface area contributed by atoms with E-state index in [4.69, 9.17) is 14.4 Å². The summed E-state index contributed by atoms with van der Waals surface area (Å²) in [5.74, 6) is 0.366. The molecular weight excluding hydrogens is 338 g/mol. The summed E-state index contributed by atoms with van der Waals surface area (Å²) in [6.45, 7) is 5.99. The van der Waals surface area contributed by atoms with Gasteiger partial charge in [-0.3, -0.25) is 9.59 Å². The summed E-state index contributed by atoms with van der Waals surface area (Å²) in [5.41, 5.74) is 0.409. The molecule has 2 rings (SSSR count). The number of aryl methyl sites for hydroxylation is 1. The summed E-state index contributed by atoms with van der Waals surface area (Å²) in [6, 6.07) is 6.53. The van der Waals surface area contributed by atoms with E-state index in [1.807, 2.05) is 20.8 Å². The van der Waals surface area contributed by atoms with E-state index in [1.165, 1.54) is 4.90 Å². The zero-order chi connectivity index (χ0) is 19.1. The smallest absolute Gasteiger partial charge is 0.323 e. The third-order valence-electron chi connectivity index (χ3n) is 3.48. The van der Waals surface area contributed by atoms with Gasteiger partial charge in [-0.05, 0) is 30.2 Å². The molecule has 0 fully saturated rings. The maximum atomic E-state index is 12.5. The van der Waals surface area contributed by atoms with Crippen molar-refractivity contribution in [3.05, 3.63) is 41.5 Å². The standard InChI is InChI=1S/C18H23N3O5/c1-4-16-19-15(20-26-16)11-25-14-7-5-13(6-8-14)18(24)21(9-12(2)3)10-17(22)23/h5-8,12H,4,9-11H2,1-3H3,(H,22,23). The second-order valence-electron chi connectivity index (χ2n) is 6.24. The second-order valence-corrected chi connectivity index (χ2v) is 6.24. The van der Waals surface area contributed by atoms with E-state index >= 15 is 0 Å². The monoisotopic (exact) mass is 361 g/mol. The number of carbonyl (C=O) groups excluding carboxylic acids is 1. The summed E-state index contributed by atoms with van der Waals surface area (Å²) in [5, 5.41) is 12.8. The second kappa shape index (κ2) is 8.98. The summed E-state index contributed by atoms with van der Waals surface area (Å²) in [7, 11) is 0. The van der Waals surface area contributed by atoms with Crippen molar-refractivity contribution in [2.45, 2.75) is 33.8 Å². The molecule has 1 aromatic heterocycles. The number of hydrogen-bond donors (Lipinski definition) is 1. The highest BCUT2D eigenvalue weighted by atomic mass is 16.5. The van der Waals surface area contributed by atoms with Crippen molar-refractivity contribution in [2.75, 3.05) is 13.1 Å². The highest BCUT2D eigenvalue weighted by molar-refractivity contribution is 5.95. The van der Waals surface area contributed by atoms with Crippen LogP contribution in [0.4, 0.5) is 0 Å². The van der Waals surface area contributed by atoms with E-state index in [0.29, 0.717) is 36.0 Å². The van der Waals surface area contributed by atoms with Gasteiger partial charge in [-0.25, -0.2) is 0 Å². The lowest BCUT2D eigenvalue weighted by atomic mass is 10.1. The predicted octanol–water partition coefficient (Wildman–Crippen LogP) is 2.39. The summed E-state index contributed by atoms with van der Waals surface area (Å²) in [4.78, 5) is 29.0. The molecule has 1 N–H and O–H groups in total. The van der Waals surface area contributed by atoms with E-state index in [0.717, 1.165) is 0 Å². The van der Waals surface area contributed by atoms with Gasteiger partial charge in [0.1, 0.15) is 12.3 Å². The molecule has 0 bridgehead atoms. The van der Waals surface area contributed by atoms with Crippen LogP contribution in [0.25, 0.3) is 0 Å². The van der Waals surface area contributed by atoms with E-state index in [1.54, 1.807) is 24.3 Å². The Bertz CT molecular complexity index is 740. The number of carbonyl (C=O) groups is 2. The Hall–Kier alpha value is -2.90. The van der Waals surface area contributed by atoms with Crippen molar-refractivity contribution >= 4 is 11.9 Å². The topological polar surface area (TPSA) is 106 Å². The summed E-state index contributed by atoms with van der Waals surface area (Å²) in [6.07, 6.45) is 0.660. The Morgan fingerprint density at radius 2 is 1.96 bits per heavy atom. The van der Waals surface area contributed by atoms with Crippen molar-refractivity contribution < 1.29 is 24.0 Å². The molecule has 8 nitrogen and oxygen atoms in total. The normalized spacial score (nSPS) is 10.8. The lowest BCUT2D eigenvalue weighted by Crippen LogP contribution is -2.38. The first-order valence-electron chi connectivity index (χ1n) is 8.44. The molecule has 140 valence electrons. The molecule has 0 aliphatic heterocycles. The zero-order valence-electron chi connectivity index (χ0n) is 15.1. The van der Waals surface area contributed by atoms with Crippen LogP contribution >= 0.6 is 0 Å². The predicted molar refractivity (Wildman–Crippen MR) is 92.8 cm³/mol. The van der Waals surface area contributed by atoms with Gasteiger partial charge in [0.05, 0.1) is 0 Å². The molecule has 0 saturated heterocycles. The Balaban J connectivity index is 1.99. The molecule has 0 saturated carbocycles. The lowest BCUT2D eigenvalue weighted by Gasteiger charge is -2.22. The number of ether oxygens (including phenoxy) is 1. The number of carboxylic acids is 1. The molecule has 1 aromatic carbocycles. The Morgan fingerprint density at radius 3 is 2.50 bits per heavy atom. The van der Waals surface area contributed by atoms with Gasteiger partial charge >= 0.3 is 5.97 Å². The number of nitrogens with zero attached hydrogens (tertiary/aromatic N) is 3. The van der Waals surface area contributed by atoms with Crippen molar-refractivity contribution in [1.29, 1.82) is 0 Å². The van der Waals surface area contributed by atoms with Crippen LogP contribution in [-0.2, 0) is 17.8 Å². The van der Waals surface area contributed by atoms with Crippen molar-refractivity contribution in [3.63, 3.8) is 0 Å². The van der Waals surface area contributed by atoms with E-state index in [-0.39, 0.29) is 25.0 Å². The minimum absolute atomic E-state index is 0.162. The molecule has 0 radical (unpaired) electrons. The maximum Gasteiger partial charge on any atom is 0.323 e. The molecule has 0 aliphatic rings. The zero-order valence-corrected chi connectivity index (χ0v) is 15.1. The molecule has 0 atom stereocenters. The van der Waals surface area contributed by atoms with Gasteiger partial charge < -0.3 is 19.3 Å². The first-order valence-corrected chi connectivity index (χ1v) is 8.44. The third kappa shape index (κ3) is 5.58. The van der Waals surface area contributed by atoms with Crippen LogP contribution in [0.1, 0.15) is 42.8 Å².